The van der Waals surface area contributed by atoms with Gasteiger partial charge in [0.2, 0.25) is 5.91 Å². The summed E-state index contributed by atoms with van der Waals surface area (Å²) in [6.07, 6.45) is 3.75. The molecular weight excluding hydrogens is 338 g/mol. The lowest BCUT2D eigenvalue weighted by molar-refractivity contribution is -0.115. The number of amides is 1. The highest BCUT2D eigenvalue weighted by Gasteiger charge is 2.37. The standard InChI is InChI=1S/C22H25N3O2/c1-4-21(26)25-19-7-5-6-17(12-19)16-8-10-18(11-9-16)22(27,15(2)3)20-13-23-14-24-20/h5-15,27H,4H2,1-3H3,(H,23,24)(H,25,26). The first-order valence-corrected chi connectivity index (χ1v) is 9.17. The van der Waals surface area contributed by atoms with Crippen LogP contribution in [0.2, 0.25) is 0 Å². The van der Waals surface area contributed by atoms with Crippen molar-refractivity contribution in [2.75, 3.05) is 5.32 Å². The van der Waals surface area contributed by atoms with Gasteiger partial charge in [-0.25, -0.2) is 4.98 Å². The van der Waals surface area contributed by atoms with Crippen LogP contribution in [-0.2, 0) is 10.4 Å². The number of aliphatic hydroxyl groups is 1. The summed E-state index contributed by atoms with van der Waals surface area (Å²) in [6, 6.07) is 15.6. The number of rotatable bonds is 6. The van der Waals surface area contributed by atoms with E-state index in [-0.39, 0.29) is 11.8 Å². The molecule has 0 aliphatic rings. The summed E-state index contributed by atoms with van der Waals surface area (Å²) in [6.45, 7) is 5.78. The number of aromatic amines is 1. The largest absolute Gasteiger partial charge is 0.378 e. The van der Waals surface area contributed by atoms with E-state index in [1.165, 1.54) is 0 Å². The van der Waals surface area contributed by atoms with Gasteiger partial charge in [-0.1, -0.05) is 57.2 Å². The summed E-state index contributed by atoms with van der Waals surface area (Å²) in [7, 11) is 0. The van der Waals surface area contributed by atoms with Gasteiger partial charge in [-0.05, 0) is 34.7 Å². The molecule has 2 aromatic carbocycles. The van der Waals surface area contributed by atoms with Crippen molar-refractivity contribution < 1.29 is 9.90 Å². The van der Waals surface area contributed by atoms with Crippen LogP contribution in [0.15, 0.2) is 61.1 Å². The Labute approximate surface area is 159 Å². The van der Waals surface area contributed by atoms with Gasteiger partial charge in [0.25, 0.3) is 0 Å². The number of benzene rings is 2. The normalized spacial score (nSPS) is 13.4. The molecule has 1 heterocycles. The number of anilines is 1. The molecule has 1 unspecified atom stereocenters. The Hall–Kier alpha value is -2.92. The molecule has 140 valence electrons. The molecule has 0 spiro atoms. The number of carbonyl (C=O) groups is 1. The van der Waals surface area contributed by atoms with Crippen LogP contribution in [-0.4, -0.2) is 21.0 Å². The molecule has 0 bridgehead atoms. The fourth-order valence-electron chi connectivity index (χ4n) is 3.19. The van der Waals surface area contributed by atoms with E-state index >= 15 is 0 Å². The molecule has 5 heteroatoms. The molecule has 0 saturated heterocycles. The molecule has 0 saturated carbocycles. The van der Waals surface area contributed by atoms with Crippen LogP contribution in [0.25, 0.3) is 11.1 Å². The minimum atomic E-state index is -1.16. The molecule has 0 fully saturated rings. The van der Waals surface area contributed by atoms with Crippen LogP contribution in [0.1, 0.15) is 38.4 Å². The lowest BCUT2D eigenvalue weighted by Gasteiger charge is -2.31. The number of aromatic nitrogens is 2. The number of hydrogen-bond acceptors (Lipinski definition) is 3. The van der Waals surface area contributed by atoms with Gasteiger partial charge in [0.15, 0.2) is 0 Å². The summed E-state index contributed by atoms with van der Waals surface area (Å²) in [5.74, 6) is -0.0530. The Kier molecular flexibility index (Phi) is 5.42. The molecular formula is C22H25N3O2. The third-order valence-corrected chi connectivity index (χ3v) is 4.85. The van der Waals surface area contributed by atoms with Crippen molar-refractivity contribution in [1.82, 2.24) is 9.97 Å². The molecule has 1 amide bonds. The van der Waals surface area contributed by atoms with Crippen molar-refractivity contribution in [3.8, 4) is 11.1 Å². The molecule has 1 aromatic heterocycles. The van der Waals surface area contributed by atoms with Crippen LogP contribution < -0.4 is 5.32 Å². The maximum absolute atomic E-state index is 11.6. The highest BCUT2D eigenvalue weighted by Crippen LogP contribution is 2.36. The zero-order valence-corrected chi connectivity index (χ0v) is 15.9. The molecule has 5 nitrogen and oxygen atoms in total. The van der Waals surface area contributed by atoms with E-state index in [1.54, 1.807) is 12.5 Å². The van der Waals surface area contributed by atoms with Gasteiger partial charge in [0.05, 0.1) is 12.0 Å². The Bertz CT molecular complexity index is 902. The maximum atomic E-state index is 11.6. The average Bonchev–Trinajstić information content (AvgIpc) is 3.22. The van der Waals surface area contributed by atoms with E-state index in [0.717, 1.165) is 22.4 Å². The maximum Gasteiger partial charge on any atom is 0.224 e. The summed E-state index contributed by atoms with van der Waals surface area (Å²) in [4.78, 5) is 18.8. The number of H-pyrrole nitrogens is 1. The van der Waals surface area contributed by atoms with E-state index in [2.05, 4.69) is 15.3 Å². The van der Waals surface area contributed by atoms with E-state index in [9.17, 15) is 9.90 Å². The predicted molar refractivity (Wildman–Crippen MR) is 107 cm³/mol. The molecule has 0 aliphatic carbocycles. The van der Waals surface area contributed by atoms with E-state index < -0.39 is 5.60 Å². The monoisotopic (exact) mass is 363 g/mol. The second-order valence-electron chi connectivity index (χ2n) is 6.94. The van der Waals surface area contributed by atoms with Crippen molar-refractivity contribution in [2.45, 2.75) is 32.8 Å². The third kappa shape index (κ3) is 3.78. The molecule has 1 atom stereocenters. The Morgan fingerprint density at radius 1 is 1.19 bits per heavy atom. The van der Waals surface area contributed by atoms with Gasteiger partial charge in [0.1, 0.15) is 5.60 Å². The van der Waals surface area contributed by atoms with Gasteiger partial charge in [-0.2, -0.15) is 0 Å². The smallest absolute Gasteiger partial charge is 0.224 e. The molecule has 0 aliphatic heterocycles. The summed E-state index contributed by atoms with van der Waals surface area (Å²) >= 11 is 0. The minimum Gasteiger partial charge on any atom is -0.378 e. The van der Waals surface area contributed by atoms with Crippen LogP contribution >= 0.6 is 0 Å². The topological polar surface area (TPSA) is 78.0 Å². The first kappa shape index (κ1) is 18.9. The van der Waals surface area contributed by atoms with Crippen molar-refractivity contribution in [3.63, 3.8) is 0 Å². The van der Waals surface area contributed by atoms with Crippen LogP contribution in [0, 0.1) is 5.92 Å². The zero-order valence-electron chi connectivity index (χ0n) is 15.9. The van der Waals surface area contributed by atoms with Gasteiger partial charge in [0, 0.05) is 18.3 Å². The lowest BCUT2D eigenvalue weighted by atomic mass is 9.80. The fourth-order valence-corrected chi connectivity index (χ4v) is 3.19. The van der Waals surface area contributed by atoms with Crippen LogP contribution in [0.5, 0.6) is 0 Å². The first-order chi connectivity index (χ1) is 12.9. The summed E-state index contributed by atoms with van der Waals surface area (Å²) < 4.78 is 0. The Morgan fingerprint density at radius 3 is 2.52 bits per heavy atom. The summed E-state index contributed by atoms with van der Waals surface area (Å²) in [5.41, 5.74) is 3.04. The zero-order chi connectivity index (χ0) is 19.4. The Morgan fingerprint density at radius 2 is 1.93 bits per heavy atom. The third-order valence-electron chi connectivity index (χ3n) is 4.85. The molecule has 0 radical (unpaired) electrons. The highest BCUT2D eigenvalue weighted by atomic mass is 16.3. The van der Waals surface area contributed by atoms with E-state index in [4.69, 9.17) is 0 Å². The fraction of sp³-hybridized carbons (Fsp3) is 0.273. The SMILES string of the molecule is CCC(=O)Nc1cccc(-c2ccc(C(O)(c3c[nH]cn3)C(C)C)cc2)c1. The van der Waals surface area contributed by atoms with Gasteiger partial charge < -0.3 is 15.4 Å². The first-order valence-electron chi connectivity index (χ1n) is 9.17. The number of imidazole rings is 1. The molecule has 3 N–H and O–H groups in total. The van der Waals surface area contributed by atoms with E-state index in [1.807, 2.05) is 69.3 Å². The van der Waals surface area contributed by atoms with Crippen molar-refractivity contribution in [2.24, 2.45) is 5.92 Å². The quantitative estimate of drug-likeness (QED) is 0.610. The minimum absolute atomic E-state index is 0.0106. The van der Waals surface area contributed by atoms with Gasteiger partial charge in [-0.3, -0.25) is 4.79 Å². The van der Waals surface area contributed by atoms with Crippen molar-refractivity contribution in [1.29, 1.82) is 0 Å². The van der Waals surface area contributed by atoms with Gasteiger partial charge in [-0.15, -0.1) is 0 Å². The van der Waals surface area contributed by atoms with Crippen LogP contribution in [0.4, 0.5) is 5.69 Å². The number of nitrogens with zero attached hydrogens (tertiary/aromatic N) is 1. The molecule has 3 aromatic rings. The van der Waals surface area contributed by atoms with Crippen molar-refractivity contribution in [3.05, 3.63) is 72.3 Å². The molecule has 27 heavy (non-hydrogen) atoms. The summed E-state index contributed by atoms with van der Waals surface area (Å²) in [5, 5.41) is 14.2. The predicted octanol–water partition coefficient (Wildman–Crippen LogP) is 4.32. The average molecular weight is 363 g/mol. The lowest BCUT2D eigenvalue weighted by Crippen LogP contribution is -2.33. The number of nitrogens with one attached hydrogen (secondary N) is 2. The highest BCUT2D eigenvalue weighted by molar-refractivity contribution is 5.91. The number of carbonyl (C=O) groups excluding carboxylic acids is 1. The second-order valence-corrected chi connectivity index (χ2v) is 6.94. The second kappa shape index (κ2) is 7.76. The number of hydrogen-bond donors (Lipinski definition) is 3. The van der Waals surface area contributed by atoms with Gasteiger partial charge >= 0.3 is 0 Å². The van der Waals surface area contributed by atoms with Crippen LogP contribution in [0.3, 0.4) is 0 Å². The Balaban J connectivity index is 1.91. The van der Waals surface area contributed by atoms with E-state index in [0.29, 0.717) is 12.1 Å². The van der Waals surface area contributed by atoms with Crippen molar-refractivity contribution >= 4 is 11.6 Å². The molecule has 3 rings (SSSR count).